The molecule has 1 atom stereocenters. The zero-order valence-electron chi connectivity index (χ0n) is 13.3. The molecule has 0 aliphatic rings. The summed E-state index contributed by atoms with van der Waals surface area (Å²) in [6.45, 7) is 10.8. The maximum absolute atomic E-state index is 5.64. The lowest BCUT2D eigenvalue weighted by molar-refractivity contribution is 0.0552. The monoisotopic (exact) mass is 279 g/mol. The van der Waals surface area contributed by atoms with Crippen LogP contribution in [0.4, 0.5) is 0 Å². The summed E-state index contributed by atoms with van der Waals surface area (Å²) in [6.07, 6.45) is 2.49. The van der Waals surface area contributed by atoms with E-state index in [0.29, 0.717) is 19.3 Å². The molecule has 0 radical (unpaired) electrons. The van der Waals surface area contributed by atoms with Crippen LogP contribution in [0.1, 0.15) is 39.7 Å². The van der Waals surface area contributed by atoms with Crippen molar-refractivity contribution in [2.24, 2.45) is 0 Å². The molecule has 0 fully saturated rings. The molecule has 20 heavy (non-hydrogen) atoms. The second-order valence-corrected chi connectivity index (χ2v) is 5.47. The van der Waals surface area contributed by atoms with Gasteiger partial charge in [-0.1, -0.05) is 19.1 Å². The number of hydrogen-bond acceptors (Lipinski definition) is 3. The van der Waals surface area contributed by atoms with Gasteiger partial charge in [0.05, 0.1) is 12.7 Å². The van der Waals surface area contributed by atoms with Crippen LogP contribution in [0.5, 0.6) is 5.75 Å². The van der Waals surface area contributed by atoms with Crippen molar-refractivity contribution in [2.45, 2.75) is 52.7 Å². The molecule has 0 spiro atoms. The molecule has 0 aromatic heterocycles. The highest BCUT2D eigenvalue weighted by Crippen LogP contribution is 2.13. The number of benzene rings is 1. The van der Waals surface area contributed by atoms with Gasteiger partial charge in [0, 0.05) is 6.04 Å². The molecule has 1 N–H and O–H groups in total. The fourth-order valence-corrected chi connectivity index (χ4v) is 1.98. The van der Waals surface area contributed by atoms with Crippen molar-refractivity contribution in [1.29, 1.82) is 0 Å². The van der Waals surface area contributed by atoms with Crippen molar-refractivity contribution in [3.63, 3.8) is 0 Å². The molecule has 0 aliphatic heterocycles. The van der Waals surface area contributed by atoms with Crippen LogP contribution in [0, 0.1) is 0 Å². The normalized spacial score (nSPS) is 12.7. The summed E-state index contributed by atoms with van der Waals surface area (Å²) in [4.78, 5) is 0. The van der Waals surface area contributed by atoms with Gasteiger partial charge in [-0.2, -0.15) is 0 Å². The molecule has 0 amide bonds. The SMILES string of the molecule is CCCNC(C)Cc1ccc(OCCOC(C)C)cc1. The van der Waals surface area contributed by atoms with Gasteiger partial charge in [0.2, 0.25) is 0 Å². The topological polar surface area (TPSA) is 30.5 Å². The Hall–Kier alpha value is -1.06. The third-order valence-electron chi connectivity index (χ3n) is 3.01. The molecule has 0 aliphatic carbocycles. The van der Waals surface area contributed by atoms with E-state index in [0.717, 1.165) is 18.7 Å². The zero-order chi connectivity index (χ0) is 14.8. The van der Waals surface area contributed by atoms with Crippen LogP contribution >= 0.6 is 0 Å². The lowest BCUT2D eigenvalue weighted by Crippen LogP contribution is -2.28. The van der Waals surface area contributed by atoms with E-state index in [4.69, 9.17) is 9.47 Å². The molecular weight excluding hydrogens is 250 g/mol. The second kappa shape index (κ2) is 9.78. The van der Waals surface area contributed by atoms with Crippen molar-refractivity contribution in [3.8, 4) is 5.75 Å². The fraction of sp³-hybridized carbons (Fsp3) is 0.647. The first-order valence-corrected chi connectivity index (χ1v) is 7.68. The Bertz CT molecular complexity index is 349. The predicted octanol–water partition coefficient (Wildman–Crippen LogP) is 3.42. The average Bonchev–Trinajstić information content (AvgIpc) is 2.43. The third kappa shape index (κ3) is 7.51. The third-order valence-corrected chi connectivity index (χ3v) is 3.01. The largest absolute Gasteiger partial charge is 0.491 e. The van der Waals surface area contributed by atoms with Crippen molar-refractivity contribution in [2.75, 3.05) is 19.8 Å². The van der Waals surface area contributed by atoms with Gasteiger partial charge in [-0.3, -0.25) is 0 Å². The van der Waals surface area contributed by atoms with Gasteiger partial charge in [-0.05, 0) is 57.9 Å². The van der Waals surface area contributed by atoms with E-state index in [2.05, 4.69) is 31.3 Å². The molecule has 1 aromatic carbocycles. The molecule has 0 heterocycles. The van der Waals surface area contributed by atoms with Gasteiger partial charge in [-0.15, -0.1) is 0 Å². The van der Waals surface area contributed by atoms with Crippen molar-refractivity contribution in [3.05, 3.63) is 29.8 Å². The molecule has 3 nitrogen and oxygen atoms in total. The highest BCUT2D eigenvalue weighted by atomic mass is 16.5. The van der Waals surface area contributed by atoms with E-state index in [-0.39, 0.29) is 6.10 Å². The van der Waals surface area contributed by atoms with Gasteiger partial charge in [-0.25, -0.2) is 0 Å². The first-order valence-electron chi connectivity index (χ1n) is 7.68. The summed E-state index contributed by atoms with van der Waals surface area (Å²) >= 11 is 0. The molecule has 1 unspecified atom stereocenters. The summed E-state index contributed by atoms with van der Waals surface area (Å²) in [5.41, 5.74) is 1.34. The Morgan fingerprint density at radius 1 is 1.05 bits per heavy atom. The number of hydrogen-bond donors (Lipinski definition) is 1. The van der Waals surface area contributed by atoms with Crippen LogP contribution in [0.25, 0.3) is 0 Å². The van der Waals surface area contributed by atoms with E-state index in [1.165, 1.54) is 12.0 Å². The Labute approximate surface area is 123 Å². The first-order chi connectivity index (χ1) is 9.61. The standard InChI is InChI=1S/C17H29NO2/c1-5-10-18-15(4)13-16-6-8-17(9-7-16)20-12-11-19-14(2)3/h6-9,14-15,18H,5,10-13H2,1-4H3. The minimum Gasteiger partial charge on any atom is -0.491 e. The van der Waals surface area contributed by atoms with Crippen molar-refractivity contribution in [1.82, 2.24) is 5.32 Å². The van der Waals surface area contributed by atoms with E-state index in [9.17, 15) is 0 Å². The Morgan fingerprint density at radius 2 is 1.75 bits per heavy atom. The minimum atomic E-state index is 0.262. The number of rotatable bonds is 10. The highest BCUT2D eigenvalue weighted by Gasteiger charge is 2.03. The average molecular weight is 279 g/mol. The van der Waals surface area contributed by atoms with Gasteiger partial charge < -0.3 is 14.8 Å². The number of ether oxygens (including phenoxy) is 2. The molecule has 0 saturated heterocycles. The molecule has 0 bridgehead atoms. The van der Waals surface area contributed by atoms with Crippen LogP contribution in [0.15, 0.2) is 24.3 Å². The molecule has 1 aromatic rings. The van der Waals surface area contributed by atoms with E-state index in [1.54, 1.807) is 0 Å². The lowest BCUT2D eigenvalue weighted by Gasteiger charge is -2.14. The number of nitrogens with one attached hydrogen (secondary N) is 1. The van der Waals surface area contributed by atoms with Crippen LogP contribution in [0.3, 0.4) is 0 Å². The quantitative estimate of drug-likeness (QED) is 0.666. The summed E-state index contributed by atoms with van der Waals surface area (Å²) < 4.78 is 11.1. The molecule has 114 valence electrons. The second-order valence-electron chi connectivity index (χ2n) is 5.47. The fourth-order valence-electron chi connectivity index (χ4n) is 1.98. The molecule has 3 heteroatoms. The predicted molar refractivity (Wildman–Crippen MR) is 84.5 cm³/mol. The Balaban J connectivity index is 2.29. The van der Waals surface area contributed by atoms with Crippen LogP contribution < -0.4 is 10.1 Å². The highest BCUT2D eigenvalue weighted by molar-refractivity contribution is 5.27. The first kappa shape index (κ1) is 17.0. The smallest absolute Gasteiger partial charge is 0.119 e. The van der Waals surface area contributed by atoms with E-state index in [1.807, 2.05) is 26.0 Å². The zero-order valence-corrected chi connectivity index (χ0v) is 13.3. The van der Waals surface area contributed by atoms with E-state index >= 15 is 0 Å². The van der Waals surface area contributed by atoms with Gasteiger partial charge in [0.15, 0.2) is 0 Å². The van der Waals surface area contributed by atoms with Crippen molar-refractivity contribution < 1.29 is 9.47 Å². The van der Waals surface area contributed by atoms with Gasteiger partial charge in [0.25, 0.3) is 0 Å². The van der Waals surface area contributed by atoms with E-state index < -0.39 is 0 Å². The molecular formula is C17H29NO2. The Morgan fingerprint density at radius 3 is 2.35 bits per heavy atom. The lowest BCUT2D eigenvalue weighted by atomic mass is 10.1. The summed E-state index contributed by atoms with van der Waals surface area (Å²) in [5.74, 6) is 0.912. The minimum absolute atomic E-state index is 0.262. The Kier molecular flexibility index (Phi) is 8.31. The van der Waals surface area contributed by atoms with Crippen molar-refractivity contribution >= 4 is 0 Å². The van der Waals surface area contributed by atoms with Gasteiger partial charge >= 0.3 is 0 Å². The summed E-state index contributed by atoms with van der Waals surface area (Å²) in [5, 5.41) is 3.50. The molecule has 1 rings (SSSR count). The van der Waals surface area contributed by atoms with Crippen LogP contribution in [-0.2, 0) is 11.2 Å². The maximum Gasteiger partial charge on any atom is 0.119 e. The maximum atomic E-state index is 5.64. The van der Waals surface area contributed by atoms with Gasteiger partial charge in [0.1, 0.15) is 12.4 Å². The molecule has 0 saturated carbocycles. The van der Waals surface area contributed by atoms with Crippen LogP contribution in [0.2, 0.25) is 0 Å². The summed E-state index contributed by atoms with van der Waals surface area (Å²) in [6, 6.07) is 8.88. The van der Waals surface area contributed by atoms with Crippen LogP contribution in [-0.4, -0.2) is 31.9 Å². The summed E-state index contributed by atoms with van der Waals surface area (Å²) in [7, 11) is 0.